The quantitative estimate of drug-likeness (QED) is 0.522. The van der Waals surface area contributed by atoms with Gasteiger partial charge in [-0.05, 0) is 12.0 Å². The average molecular weight is 180 g/mol. The zero-order valence-corrected chi connectivity index (χ0v) is 7.53. The Morgan fingerprint density at radius 2 is 2.00 bits per heavy atom. The molecule has 0 spiro atoms. The molecular formula is C10H12O3. The van der Waals surface area contributed by atoms with Crippen LogP contribution >= 0.6 is 0 Å². The summed E-state index contributed by atoms with van der Waals surface area (Å²) < 4.78 is 0. The van der Waals surface area contributed by atoms with Gasteiger partial charge < -0.3 is 0 Å². The first-order valence-corrected chi connectivity index (χ1v) is 4.10. The summed E-state index contributed by atoms with van der Waals surface area (Å²) in [7, 11) is 1.32. The molecule has 1 aromatic carbocycles. The van der Waals surface area contributed by atoms with Crippen molar-refractivity contribution in [3.63, 3.8) is 0 Å². The van der Waals surface area contributed by atoms with Gasteiger partial charge >= 0.3 is 5.97 Å². The van der Waals surface area contributed by atoms with Gasteiger partial charge in [0.1, 0.15) is 0 Å². The van der Waals surface area contributed by atoms with Crippen LogP contribution in [0.4, 0.5) is 0 Å². The predicted octanol–water partition coefficient (Wildman–Crippen LogP) is 1.72. The number of hydrogen-bond acceptors (Lipinski definition) is 3. The maximum absolute atomic E-state index is 10.9. The Labute approximate surface area is 77.2 Å². The molecule has 70 valence electrons. The second kappa shape index (κ2) is 5.32. The number of rotatable bonds is 4. The zero-order chi connectivity index (χ0) is 9.52. The fourth-order valence-corrected chi connectivity index (χ4v) is 1.03. The summed E-state index contributed by atoms with van der Waals surface area (Å²) >= 11 is 0. The molecule has 3 nitrogen and oxygen atoms in total. The van der Waals surface area contributed by atoms with Crippen molar-refractivity contribution >= 4 is 5.97 Å². The number of benzene rings is 1. The van der Waals surface area contributed by atoms with Crippen LogP contribution in [0.5, 0.6) is 0 Å². The highest BCUT2D eigenvalue weighted by Crippen LogP contribution is 2.02. The van der Waals surface area contributed by atoms with Gasteiger partial charge in [-0.15, -0.1) is 0 Å². The van der Waals surface area contributed by atoms with Gasteiger partial charge in [0.25, 0.3) is 0 Å². The number of hydrogen-bond donors (Lipinski definition) is 0. The first-order chi connectivity index (χ1) is 6.33. The Hall–Kier alpha value is -1.35. The molecule has 1 rings (SSSR count). The lowest BCUT2D eigenvalue weighted by Gasteiger charge is -1.99. The number of aryl methyl sites for hydroxylation is 1. The summed E-state index contributed by atoms with van der Waals surface area (Å²) in [5, 5.41) is 0. The molecule has 0 radical (unpaired) electrons. The Balaban J connectivity index is 2.31. The minimum absolute atomic E-state index is 0.341. The highest BCUT2D eigenvalue weighted by molar-refractivity contribution is 5.68. The average Bonchev–Trinajstić information content (AvgIpc) is 2.17. The molecule has 0 unspecified atom stereocenters. The molecule has 0 aliphatic carbocycles. The van der Waals surface area contributed by atoms with E-state index < -0.39 is 0 Å². The molecule has 0 atom stereocenters. The minimum atomic E-state index is -0.341. The Morgan fingerprint density at radius 1 is 1.31 bits per heavy atom. The van der Waals surface area contributed by atoms with Crippen LogP contribution in [0.3, 0.4) is 0 Å². The van der Waals surface area contributed by atoms with Gasteiger partial charge in [0.2, 0.25) is 0 Å². The molecule has 0 aliphatic rings. The maximum Gasteiger partial charge on any atom is 0.342 e. The predicted molar refractivity (Wildman–Crippen MR) is 47.9 cm³/mol. The second-order valence-electron chi connectivity index (χ2n) is 2.61. The summed E-state index contributed by atoms with van der Waals surface area (Å²) in [6.45, 7) is 0. The maximum atomic E-state index is 10.9. The molecular weight excluding hydrogens is 168 g/mol. The standard InChI is InChI=1S/C10H12O3/c1-12-13-10(11)8-7-9-5-3-2-4-6-9/h2-6H,7-8H2,1H3. The van der Waals surface area contributed by atoms with Crippen molar-refractivity contribution in [1.82, 2.24) is 0 Å². The lowest BCUT2D eigenvalue weighted by Crippen LogP contribution is -2.04. The largest absolute Gasteiger partial charge is 0.342 e. The monoisotopic (exact) mass is 180 g/mol. The van der Waals surface area contributed by atoms with Crippen molar-refractivity contribution in [3.05, 3.63) is 35.9 Å². The normalized spacial score (nSPS) is 9.62. The molecule has 0 heterocycles. The molecule has 1 aromatic rings. The van der Waals surface area contributed by atoms with Crippen molar-refractivity contribution in [2.75, 3.05) is 7.11 Å². The Bertz CT molecular complexity index is 256. The van der Waals surface area contributed by atoms with E-state index in [0.29, 0.717) is 12.8 Å². The van der Waals surface area contributed by atoms with Crippen molar-refractivity contribution in [3.8, 4) is 0 Å². The van der Waals surface area contributed by atoms with E-state index in [1.807, 2.05) is 30.3 Å². The van der Waals surface area contributed by atoms with Crippen LogP contribution in [0.25, 0.3) is 0 Å². The molecule has 3 heteroatoms. The van der Waals surface area contributed by atoms with Crippen LogP contribution in [-0.2, 0) is 21.0 Å². The van der Waals surface area contributed by atoms with Gasteiger partial charge in [0, 0.05) is 0 Å². The summed E-state index contributed by atoms with van der Waals surface area (Å²) in [4.78, 5) is 19.4. The summed E-state index contributed by atoms with van der Waals surface area (Å²) in [6.07, 6.45) is 1.03. The van der Waals surface area contributed by atoms with Crippen LogP contribution < -0.4 is 0 Å². The summed E-state index contributed by atoms with van der Waals surface area (Å²) in [5.74, 6) is -0.341. The van der Waals surface area contributed by atoms with E-state index >= 15 is 0 Å². The number of carbonyl (C=O) groups is 1. The third-order valence-corrected chi connectivity index (χ3v) is 1.64. The third kappa shape index (κ3) is 3.71. The van der Waals surface area contributed by atoms with Gasteiger partial charge in [-0.3, -0.25) is 4.89 Å². The topological polar surface area (TPSA) is 35.5 Å². The smallest absolute Gasteiger partial charge is 0.299 e. The van der Waals surface area contributed by atoms with Gasteiger partial charge in [0.15, 0.2) is 0 Å². The molecule has 0 N–H and O–H groups in total. The highest BCUT2D eigenvalue weighted by atomic mass is 17.2. The highest BCUT2D eigenvalue weighted by Gasteiger charge is 2.02. The SMILES string of the molecule is COOC(=O)CCc1ccccc1. The van der Waals surface area contributed by atoms with E-state index in [9.17, 15) is 4.79 Å². The summed E-state index contributed by atoms with van der Waals surface area (Å²) in [6, 6.07) is 9.77. The molecule has 0 saturated carbocycles. The first kappa shape index (κ1) is 9.74. The lowest BCUT2D eigenvalue weighted by atomic mass is 10.1. The van der Waals surface area contributed by atoms with Gasteiger partial charge in [-0.1, -0.05) is 30.3 Å². The van der Waals surface area contributed by atoms with Crippen LogP contribution in [0, 0.1) is 0 Å². The van der Waals surface area contributed by atoms with Crippen LogP contribution in [0.15, 0.2) is 30.3 Å². The lowest BCUT2D eigenvalue weighted by molar-refractivity contribution is -0.254. The minimum Gasteiger partial charge on any atom is -0.299 e. The van der Waals surface area contributed by atoms with E-state index in [-0.39, 0.29) is 5.97 Å². The third-order valence-electron chi connectivity index (χ3n) is 1.64. The fourth-order valence-electron chi connectivity index (χ4n) is 1.03. The van der Waals surface area contributed by atoms with Crippen molar-refractivity contribution < 1.29 is 14.6 Å². The van der Waals surface area contributed by atoms with Gasteiger partial charge in [-0.2, -0.15) is 4.89 Å². The van der Waals surface area contributed by atoms with Crippen molar-refractivity contribution in [2.45, 2.75) is 12.8 Å². The summed E-state index contributed by atoms with van der Waals surface area (Å²) in [5.41, 5.74) is 1.12. The van der Waals surface area contributed by atoms with E-state index in [1.54, 1.807) is 0 Å². The van der Waals surface area contributed by atoms with Gasteiger partial charge in [-0.25, -0.2) is 4.79 Å². The molecule has 0 amide bonds. The Morgan fingerprint density at radius 3 is 2.62 bits per heavy atom. The molecule has 0 aromatic heterocycles. The second-order valence-corrected chi connectivity index (χ2v) is 2.61. The van der Waals surface area contributed by atoms with E-state index in [1.165, 1.54) is 7.11 Å². The molecule has 0 fully saturated rings. The first-order valence-electron chi connectivity index (χ1n) is 4.10. The van der Waals surface area contributed by atoms with E-state index in [2.05, 4.69) is 9.78 Å². The Kier molecular flexibility index (Phi) is 3.99. The number of carbonyl (C=O) groups excluding carboxylic acids is 1. The molecule has 0 aliphatic heterocycles. The molecule has 0 saturated heterocycles. The zero-order valence-electron chi connectivity index (χ0n) is 7.53. The fraction of sp³-hybridized carbons (Fsp3) is 0.300. The van der Waals surface area contributed by atoms with Crippen molar-refractivity contribution in [2.24, 2.45) is 0 Å². The van der Waals surface area contributed by atoms with E-state index in [0.717, 1.165) is 5.56 Å². The molecule has 0 bridgehead atoms. The van der Waals surface area contributed by atoms with Crippen LogP contribution in [0.1, 0.15) is 12.0 Å². The molecule has 13 heavy (non-hydrogen) atoms. The van der Waals surface area contributed by atoms with Crippen LogP contribution in [-0.4, -0.2) is 13.1 Å². The van der Waals surface area contributed by atoms with Gasteiger partial charge in [0.05, 0.1) is 13.5 Å². The van der Waals surface area contributed by atoms with Crippen molar-refractivity contribution in [1.29, 1.82) is 0 Å². The van der Waals surface area contributed by atoms with Crippen LogP contribution in [0.2, 0.25) is 0 Å². The van der Waals surface area contributed by atoms with E-state index in [4.69, 9.17) is 0 Å².